The summed E-state index contributed by atoms with van der Waals surface area (Å²) in [6.45, 7) is 3.89. The van der Waals surface area contributed by atoms with Gasteiger partial charge in [0.15, 0.2) is 0 Å². The first-order chi connectivity index (χ1) is 16.4. The van der Waals surface area contributed by atoms with E-state index in [1.54, 1.807) is 30.3 Å². The van der Waals surface area contributed by atoms with Crippen molar-refractivity contribution in [2.75, 3.05) is 0 Å². The van der Waals surface area contributed by atoms with Crippen LogP contribution in [0.25, 0.3) is 0 Å². The Labute approximate surface area is 202 Å². The Balaban J connectivity index is 0.000000806. The lowest BCUT2D eigenvalue weighted by molar-refractivity contribution is -0.384. The first-order valence-electron chi connectivity index (χ1n) is 10.3. The van der Waals surface area contributed by atoms with E-state index in [9.17, 15) is 29.6 Å². The van der Waals surface area contributed by atoms with Gasteiger partial charge < -0.3 is 31.3 Å². The molecule has 0 spiro atoms. The third kappa shape index (κ3) is 13.5. The molecule has 12 nitrogen and oxygen atoms in total. The fourth-order valence-corrected chi connectivity index (χ4v) is 2.66. The van der Waals surface area contributed by atoms with Crippen molar-refractivity contribution in [3.63, 3.8) is 0 Å². The van der Waals surface area contributed by atoms with E-state index in [2.05, 4.69) is 5.32 Å². The largest absolute Gasteiger partial charge is 0.482 e. The number of benzene rings is 2. The second-order valence-corrected chi connectivity index (χ2v) is 7.55. The number of nitrogens with zero attached hydrogens (tertiary/aromatic N) is 1. The quantitative estimate of drug-likeness (QED) is 0.166. The van der Waals surface area contributed by atoms with Crippen molar-refractivity contribution in [2.24, 2.45) is 11.7 Å². The van der Waals surface area contributed by atoms with Crippen molar-refractivity contribution in [1.29, 1.82) is 0 Å². The van der Waals surface area contributed by atoms with Crippen LogP contribution in [-0.2, 0) is 16.0 Å². The van der Waals surface area contributed by atoms with E-state index in [1.165, 1.54) is 18.2 Å². The number of non-ortho nitro benzene ring substituents is 1. The summed E-state index contributed by atoms with van der Waals surface area (Å²) in [5, 5.41) is 44.7. The maximum absolute atomic E-state index is 12.1. The molecule has 1 amide bonds. The molecule has 0 fully saturated rings. The number of carboxylic acids is 2. The number of carbonyl (C=O) groups excluding carboxylic acids is 1. The van der Waals surface area contributed by atoms with Gasteiger partial charge in [0.25, 0.3) is 11.6 Å². The second kappa shape index (κ2) is 16.8. The number of aliphatic carboxylic acids is 2. The maximum atomic E-state index is 12.1. The first kappa shape index (κ1) is 31.2. The van der Waals surface area contributed by atoms with Gasteiger partial charge in [-0.25, -0.2) is 4.79 Å². The van der Waals surface area contributed by atoms with Gasteiger partial charge in [-0.3, -0.25) is 19.7 Å². The maximum Gasteiger partial charge on any atom is 0.482 e. The van der Waals surface area contributed by atoms with Gasteiger partial charge in [-0.2, -0.15) is 0 Å². The van der Waals surface area contributed by atoms with E-state index >= 15 is 0 Å². The summed E-state index contributed by atoms with van der Waals surface area (Å²) in [6, 6.07) is 12.2. The average Bonchev–Trinajstić information content (AvgIpc) is 2.79. The molecule has 0 aliphatic carbocycles. The molecule has 0 bridgehead atoms. The Morgan fingerprint density at radius 3 is 2.03 bits per heavy atom. The van der Waals surface area contributed by atoms with Crippen LogP contribution in [0.1, 0.15) is 36.2 Å². The van der Waals surface area contributed by atoms with Crippen molar-refractivity contribution >= 4 is 31.2 Å². The van der Waals surface area contributed by atoms with Crippen LogP contribution < -0.4 is 11.1 Å². The fourth-order valence-electron chi connectivity index (χ4n) is 2.66. The molecule has 0 heterocycles. The van der Waals surface area contributed by atoms with Crippen LogP contribution in [0.15, 0.2) is 54.6 Å². The predicted octanol–water partition coefficient (Wildman–Crippen LogP) is 0.970. The fraction of sp³-hybridized carbons (Fsp3) is 0.318. The lowest BCUT2D eigenvalue weighted by atomic mass is 10.1. The van der Waals surface area contributed by atoms with Crippen LogP contribution in [0.2, 0.25) is 0 Å². The van der Waals surface area contributed by atoms with Crippen LogP contribution in [0.5, 0.6) is 0 Å². The standard InChI is InChI=1S/C16H14N2O5.C6H13NO2.BH2O2/c19-15(12-7-4-8-13(10-12)18(22)23)17-14(16(20)21)9-11-5-2-1-3-6-11;1-4(2)3-5(7)6(8)9;2-1-3/h1-8,10,14H,9H2,(H,17,19)(H,20,21);4-5H,3,7H2,1-2H3,(H,8,9);2-3H/t14-;5-;/m00./s1. The first-order valence-corrected chi connectivity index (χ1v) is 10.3. The number of carboxylic acid groups (broad SMARTS) is 2. The van der Waals surface area contributed by atoms with Gasteiger partial charge in [-0.1, -0.05) is 50.2 Å². The van der Waals surface area contributed by atoms with E-state index in [0.717, 1.165) is 11.6 Å². The number of nitro groups is 1. The Morgan fingerprint density at radius 1 is 1.03 bits per heavy atom. The normalized spacial score (nSPS) is 11.5. The minimum absolute atomic E-state index is 0. The number of hydrogen-bond donors (Lipinski definition) is 6. The molecule has 2 aromatic rings. The smallest absolute Gasteiger partial charge is 0.480 e. The minimum Gasteiger partial charge on any atom is -0.480 e. The zero-order valence-corrected chi connectivity index (χ0v) is 19.3. The Bertz CT molecular complexity index is 958. The number of nitrogens with two attached hydrogens (primary N) is 1. The van der Waals surface area contributed by atoms with Gasteiger partial charge in [-0.05, 0) is 24.0 Å². The predicted molar refractivity (Wildman–Crippen MR) is 127 cm³/mol. The molecule has 0 aliphatic heterocycles. The molecule has 2 rings (SSSR count). The highest BCUT2D eigenvalue weighted by atomic mass is 16.6. The number of nitrogens with one attached hydrogen (secondary N) is 1. The van der Waals surface area contributed by atoms with Crippen molar-refractivity contribution in [1.82, 2.24) is 5.32 Å². The Hall–Kier alpha value is -3.81. The van der Waals surface area contributed by atoms with Gasteiger partial charge in [-0.15, -0.1) is 0 Å². The minimum atomic E-state index is -1.17. The number of carbonyl (C=O) groups is 3. The number of amides is 1. The highest BCUT2D eigenvalue weighted by molar-refractivity contribution is 6.13. The van der Waals surface area contributed by atoms with E-state index in [4.69, 9.17) is 20.9 Å². The van der Waals surface area contributed by atoms with Crippen molar-refractivity contribution in [3.8, 4) is 0 Å². The summed E-state index contributed by atoms with van der Waals surface area (Å²) < 4.78 is 0. The summed E-state index contributed by atoms with van der Waals surface area (Å²) in [5.41, 5.74) is 5.79. The molecule has 0 aliphatic rings. The highest BCUT2D eigenvalue weighted by Crippen LogP contribution is 2.13. The summed E-state index contributed by atoms with van der Waals surface area (Å²) in [5.74, 6) is -2.40. The molecule has 35 heavy (non-hydrogen) atoms. The van der Waals surface area contributed by atoms with Gasteiger partial charge >= 0.3 is 19.6 Å². The number of hydrogen-bond acceptors (Lipinski definition) is 8. The molecule has 0 saturated heterocycles. The SMILES string of the molecule is CC(C)C[C@H](N)C(=O)O.O=C(N[C@@H](Cc1ccccc1)C(=O)O)c1cccc([N+](=O)[O-])c1.O[B]O. The third-order valence-electron chi connectivity index (χ3n) is 4.25. The highest BCUT2D eigenvalue weighted by Gasteiger charge is 2.22. The summed E-state index contributed by atoms with van der Waals surface area (Å²) in [7, 11) is 0. The lowest BCUT2D eigenvalue weighted by Gasteiger charge is -2.14. The van der Waals surface area contributed by atoms with E-state index in [0.29, 0.717) is 12.3 Å². The topological polar surface area (TPSA) is 213 Å². The number of rotatable bonds is 9. The van der Waals surface area contributed by atoms with Crippen molar-refractivity contribution in [3.05, 3.63) is 75.8 Å². The van der Waals surface area contributed by atoms with Crippen molar-refractivity contribution < 1.29 is 39.6 Å². The monoisotopic (exact) mass is 490 g/mol. The second-order valence-electron chi connectivity index (χ2n) is 7.55. The summed E-state index contributed by atoms with van der Waals surface area (Å²) in [6.07, 6.45) is 0.673. The number of nitro benzene ring substituents is 1. The molecule has 7 N–H and O–H groups in total. The molecule has 0 unspecified atom stereocenters. The Kier molecular flexibility index (Phi) is 14.9. The van der Waals surface area contributed by atoms with Gasteiger partial charge in [0.1, 0.15) is 12.1 Å². The van der Waals surface area contributed by atoms with Crippen LogP contribution in [-0.4, -0.2) is 62.8 Å². The van der Waals surface area contributed by atoms with Gasteiger partial charge in [0.2, 0.25) is 0 Å². The van der Waals surface area contributed by atoms with Crippen LogP contribution >= 0.6 is 0 Å². The summed E-state index contributed by atoms with van der Waals surface area (Å²) >= 11 is 0. The molecule has 189 valence electrons. The molecular formula is C22H29BN3O9. The zero-order chi connectivity index (χ0) is 27.0. The van der Waals surface area contributed by atoms with Gasteiger partial charge in [0.05, 0.1) is 4.92 Å². The Morgan fingerprint density at radius 2 is 1.60 bits per heavy atom. The molecule has 2 atom stereocenters. The summed E-state index contributed by atoms with van der Waals surface area (Å²) in [4.78, 5) is 43.7. The van der Waals surface area contributed by atoms with Gasteiger partial charge in [0, 0.05) is 24.1 Å². The van der Waals surface area contributed by atoms with Crippen LogP contribution in [0.3, 0.4) is 0 Å². The van der Waals surface area contributed by atoms with Crippen LogP contribution in [0, 0.1) is 16.0 Å². The molecule has 13 heteroatoms. The molecule has 0 saturated carbocycles. The third-order valence-corrected chi connectivity index (χ3v) is 4.25. The van der Waals surface area contributed by atoms with Crippen molar-refractivity contribution in [2.45, 2.75) is 38.8 Å². The molecule has 2 aromatic carbocycles. The van der Waals surface area contributed by atoms with Crippen LogP contribution in [0.4, 0.5) is 5.69 Å². The molecular weight excluding hydrogens is 461 g/mol. The van der Waals surface area contributed by atoms with E-state index in [1.807, 2.05) is 13.8 Å². The molecule has 1 radical (unpaired) electrons. The average molecular weight is 490 g/mol. The van der Waals surface area contributed by atoms with E-state index < -0.39 is 34.9 Å². The lowest BCUT2D eigenvalue weighted by Crippen LogP contribution is -2.42. The molecule has 0 aromatic heterocycles. The van der Waals surface area contributed by atoms with E-state index in [-0.39, 0.29) is 25.4 Å². The zero-order valence-electron chi connectivity index (χ0n) is 19.3.